The van der Waals surface area contributed by atoms with Gasteiger partial charge in [-0.05, 0) is 69.6 Å². The molecule has 2 aromatic carbocycles. The minimum Gasteiger partial charge on any atom is -0.377 e. The Bertz CT molecular complexity index is 1690. The molecule has 0 saturated heterocycles. The van der Waals surface area contributed by atoms with Crippen LogP contribution in [0, 0.1) is 0 Å². The zero-order valence-corrected chi connectivity index (χ0v) is 52.5. The number of hydrogen-bond donors (Lipinski definition) is 0. The summed E-state index contributed by atoms with van der Waals surface area (Å²) >= 11 is 3.84. The summed E-state index contributed by atoms with van der Waals surface area (Å²) in [6.07, 6.45) is 39.9. The van der Waals surface area contributed by atoms with E-state index in [1.807, 2.05) is 63.9 Å². The maximum absolute atomic E-state index is 5.55. The van der Waals surface area contributed by atoms with E-state index >= 15 is 0 Å². The molecule has 0 aliphatic rings. The maximum atomic E-state index is 5.55. The number of para-hydroxylation sites is 2. The lowest BCUT2D eigenvalue weighted by Gasteiger charge is -2.24. The van der Waals surface area contributed by atoms with Gasteiger partial charge in [0.05, 0.1) is 30.4 Å². The summed E-state index contributed by atoms with van der Waals surface area (Å²) in [5.74, 6) is 3.29. The van der Waals surface area contributed by atoms with Crippen molar-refractivity contribution in [2.45, 2.75) is 217 Å². The highest BCUT2D eigenvalue weighted by molar-refractivity contribution is 9.26. The Balaban J connectivity index is 1.05. The number of hydrogen-bond acceptors (Lipinski definition) is 14. The zero-order valence-electron chi connectivity index (χ0n) is 45.6. The third-order valence-corrected chi connectivity index (χ3v) is 29.1. The molecule has 8 nitrogen and oxygen atoms in total. The number of unbranched alkanes of at least 4 members (excludes halogenated alkanes) is 26. The van der Waals surface area contributed by atoms with E-state index in [1.165, 1.54) is 199 Å². The van der Waals surface area contributed by atoms with E-state index in [0.29, 0.717) is 11.8 Å². The molecule has 0 amide bonds. The van der Waals surface area contributed by atoms with Crippen molar-refractivity contribution >= 4 is 102 Å². The van der Waals surface area contributed by atoms with E-state index in [0.717, 1.165) is 47.5 Å². The molecule has 0 bridgehead atoms. The van der Waals surface area contributed by atoms with Crippen molar-refractivity contribution in [1.29, 1.82) is 0 Å². The lowest BCUT2D eigenvalue weighted by molar-refractivity contribution is 0.122. The highest BCUT2D eigenvalue weighted by atomic mass is 33.7. The molecule has 0 radical (unpaired) electrons. The second-order valence-corrected chi connectivity index (χ2v) is 34.1. The van der Waals surface area contributed by atoms with Crippen LogP contribution in [0.15, 0.2) is 48.5 Å². The molecule has 0 saturated carbocycles. The molecular weight excluding hydrogens is 1050 g/mol. The van der Waals surface area contributed by atoms with Crippen molar-refractivity contribution in [3.8, 4) is 0 Å². The third kappa shape index (κ3) is 26.0. The molecular formula is C56H96N2O6S6Si2. The molecule has 0 N–H and O–H groups in total. The lowest BCUT2D eigenvalue weighted by atomic mass is 10.0. The van der Waals surface area contributed by atoms with Gasteiger partial charge in [0.2, 0.25) is 0 Å². The summed E-state index contributed by atoms with van der Waals surface area (Å²) in [5.41, 5.74) is 2.32. The fourth-order valence-electron chi connectivity index (χ4n) is 9.76. The first-order valence-electron chi connectivity index (χ1n) is 28.0. The largest absolute Gasteiger partial charge is 0.500 e. The molecule has 2 atom stereocenters. The molecule has 16 heteroatoms. The van der Waals surface area contributed by atoms with Crippen LogP contribution in [0.25, 0.3) is 20.4 Å². The molecule has 2 unspecified atom stereocenters. The Morgan fingerprint density at radius 2 is 0.639 bits per heavy atom. The van der Waals surface area contributed by atoms with Crippen LogP contribution < -0.4 is 0 Å². The number of benzene rings is 2. The summed E-state index contributed by atoms with van der Waals surface area (Å²) < 4.78 is 36.0. The van der Waals surface area contributed by atoms with Crippen molar-refractivity contribution in [3.05, 3.63) is 58.5 Å². The monoisotopic (exact) mass is 1140 g/mol. The number of rotatable bonds is 49. The predicted octanol–water partition coefficient (Wildman–Crippen LogP) is 19.9. The minimum atomic E-state index is -2.39. The topological polar surface area (TPSA) is 81.2 Å². The van der Waals surface area contributed by atoms with Crippen LogP contribution in [0.1, 0.15) is 214 Å². The molecule has 2 heterocycles. The first-order valence-corrected chi connectivity index (χ1v) is 38.7. The average Bonchev–Trinajstić information content (AvgIpc) is 4.06. The number of thiazole rings is 2. The van der Waals surface area contributed by atoms with E-state index in [-0.39, 0.29) is 0 Å². The highest BCUT2D eigenvalue weighted by Gasteiger charge is 2.37. The Hall–Kier alpha value is -0.186. The quantitative estimate of drug-likeness (QED) is 0.0240. The van der Waals surface area contributed by atoms with Crippen molar-refractivity contribution in [1.82, 2.24) is 9.97 Å². The van der Waals surface area contributed by atoms with Crippen molar-refractivity contribution in [2.24, 2.45) is 0 Å². The van der Waals surface area contributed by atoms with E-state index in [4.69, 9.17) is 36.5 Å². The van der Waals surface area contributed by atoms with Gasteiger partial charge in [-0.25, -0.2) is 9.97 Å². The Labute approximate surface area is 464 Å². The first-order chi connectivity index (χ1) is 35.4. The van der Waals surface area contributed by atoms with Crippen LogP contribution in [0.3, 0.4) is 0 Å². The first kappa shape index (κ1) is 64.3. The summed E-state index contributed by atoms with van der Waals surface area (Å²) in [5, 5.41) is 2.67. The van der Waals surface area contributed by atoms with Crippen molar-refractivity contribution in [2.75, 3.05) is 54.2 Å². The van der Waals surface area contributed by atoms with E-state index < -0.39 is 17.6 Å². The van der Waals surface area contributed by atoms with Gasteiger partial charge in [-0.15, -0.1) is 22.7 Å². The fourth-order valence-corrected chi connectivity index (χ4v) is 22.3. The normalized spacial score (nSPS) is 13.2. The highest BCUT2D eigenvalue weighted by Crippen LogP contribution is 2.48. The van der Waals surface area contributed by atoms with Gasteiger partial charge in [0.15, 0.2) is 0 Å². The molecule has 0 fully saturated rings. The van der Waals surface area contributed by atoms with Crippen LogP contribution in [0.2, 0.25) is 12.1 Å². The van der Waals surface area contributed by atoms with Crippen molar-refractivity contribution in [3.63, 3.8) is 0 Å². The molecule has 410 valence electrons. The van der Waals surface area contributed by atoms with Crippen molar-refractivity contribution < 1.29 is 26.6 Å². The van der Waals surface area contributed by atoms with E-state index in [1.54, 1.807) is 42.7 Å². The van der Waals surface area contributed by atoms with Gasteiger partial charge in [-0.3, -0.25) is 0 Å². The average molecular weight is 1140 g/mol. The minimum absolute atomic E-state index is 0.520. The second kappa shape index (κ2) is 40.9. The molecule has 4 aromatic rings. The van der Waals surface area contributed by atoms with Crippen LogP contribution in [0.4, 0.5) is 0 Å². The summed E-state index contributed by atoms with van der Waals surface area (Å²) in [6, 6.07) is 19.2. The lowest BCUT2D eigenvalue weighted by Crippen LogP contribution is -2.42. The maximum Gasteiger partial charge on any atom is 0.500 e. The van der Waals surface area contributed by atoms with Crippen LogP contribution in [-0.2, 0) is 26.6 Å². The second-order valence-electron chi connectivity index (χ2n) is 19.7. The Kier molecular flexibility index (Phi) is 36.6. The van der Waals surface area contributed by atoms with Gasteiger partial charge < -0.3 is 26.6 Å². The van der Waals surface area contributed by atoms with Gasteiger partial charge >= 0.3 is 17.6 Å². The SMILES string of the molecule is CO[Si](CCCCCCCCCCCCCCCCC(CSSSSCC(CCCCCCCCCCCCCCCC[Si](OC)(OC)OC)c1nc2ccccc2s1)c1nc2ccccc2s1)(OC)OC. The van der Waals surface area contributed by atoms with Gasteiger partial charge in [0.1, 0.15) is 0 Å². The third-order valence-electron chi connectivity index (χ3n) is 14.4. The summed E-state index contributed by atoms with van der Waals surface area (Å²) in [4.78, 5) is 10.3. The summed E-state index contributed by atoms with van der Waals surface area (Å²) in [7, 11) is 13.5. The van der Waals surface area contributed by atoms with Gasteiger partial charge in [0, 0.05) is 78.1 Å². The molecule has 0 spiro atoms. The van der Waals surface area contributed by atoms with Gasteiger partial charge in [-0.2, -0.15) is 0 Å². The number of nitrogens with zero attached hydrogens (tertiary/aromatic N) is 2. The number of fused-ring (bicyclic) bond motifs is 2. The smallest absolute Gasteiger partial charge is 0.377 e. The molecule has 4 rings (SSSR count). The molecule has 0 aliphatic carbocycles. The molecule has 72 heavy (non-hydrogen) atoms. The van der Waals surface area contributed by atoms with Crippen LogP contribution in [0.5, 0.6) is 0 Å². The predicted molar refractivity (Wildman–Crippen MR) is 327 cm³/mol. The zero-order chi connectivity index (χ0) is 51.2. The van der Waals surface area contributed by atoms with E-state index in [2.05, 4.69) is 48.5 Å². The van der Waals surface area contributed by atoms with Crippen LogP contribution in [-0.4, -0.2) is 81.7 Å². The standard InChI is InChI=1S/C56H96N2O6S6Si2/c1-59-71(60-2,61-3)45-37-29-25-21-17-13-9-7-11-15-19-23-27-31-39-49(55-57-51-41-33-35-43-53(51)67-55)47-65-69-70-66-48-50(56-58-52-42-34-36-44-54(52)68-56)40-32-28-24-20-16-12-8-10-14-18-22-26-30-38-46-72(62-4,63-5)64-6/h33-36,41-44,49-50H,7-32,37-40,45-48H2,1-6H3. The fraction of sp³-hybridized carbons (Fsp3) is 0.750. The van der Waals surface area contributed by atoms with E-state index in [9.17, 15) is 0 Å². The Morgan fingerprint density at radius 3 is 0.917 bits per heavy atom. The molecule has 0 aliphatic heterocycles. The number of aromatic nitrogens is 2. The van der Waals surface area contributed by atoms with Gasteiger partial charge in [-0.1, -0.05) is 213 Å². The van der Waals surface area contributed by atoms with Gasteiger partial charge in [0.25, 0.3) is 0 Å². The molecule has 2 aromatic heterocycles. The Morgan fingerprint density at radius 1 is 0.375 bits per heavy atom. The summed E-state index contributed by atoms with van der Waals surface area (Å²) in [6.45, 7) is 0. The van der Waals surface area contributed by atoms with Crippen LogP contribution >= 0.6 is 63.9 Å².